The highest BCUT2D eigenvalue weighted by atomic mass is 15.2. The summed E-state index contributed by atoms with van der Waals surface area (Å²) in [6.45, 7) is 72.5. The number of hydrogen-bond donors (Lipinski definition) is 0. The zero-order valence-corrected chi connectivity index (χ0v) is 93.8. The first-order valence-corrected chi connectivity index (χ1v) is 54.2. The zero-order chi connectivity index (χ0) is 104. The average molecular weight is 1920 g/mol. The van der Waals surface area contributed by atoms with Gasteiger partial charge in [0, 0.05) is 44.8 Å². The maximum atomic E-state index is 2.53. The molecule has 0 amide bonds. The fraction of sp³-hybridized carbons (Fsp3) is 0.333. The Labute approximate surface area is 878 Å². The van der Waals surface area contributed by atoms with Gasteiger partial charge >= 0.3 is 0 Å². The van der Waals surface area contributed by atoms with Crippen LogP contribution in [-0.2, 0) is 59.6 Å². The Morgan fingerprint density at radius 1 is 0.178 bits per heavy atom. The van der Waals surface area contributed by atoms with Gasteiger partial charge in [0.1, 0.15) is 0 Å². The second-order valence-corrected chi connectivity index (χ2v) is 53.2. The second-order valence-electron chi connectivity index (χ2n) is 53.2. The molecule has 16 aromatic rings. The molecule has 0 atom stereocenters. The lowest BCUT2D eigenvalue weighted by Gasteiger charge is -2.30. The van der Waals surface area contributed by atoms with Crippen LogP contribution in [0.1, 0.15) is 331 Å². The quantitative estimate of drug-likeness (QED) is 0.101. The molecule has 0 saturated heterocycles. The molecule has 0 N–H and O–H groups in total. The predicted octanol–water partition coefficient (Wildman–Crippen LogP) is 42.0. The summed E-state index contributed by atoms with van der Waals surface area (Å²) < 4.78 is 0. The van der Waals surface area contributed by atoms with Crippen LogP contribution in [0, 0.1) is 0 Å². The maximum absolute atomic E-state index is 2.53. The third-order valence-corrected chi connectivity index (χ3v) is 32.0. The van der Waals surface area contributed by atoms with E-state index >= 15 is 0 Å². The first-order valence-electron chi connectivity index (χ1n) is 54.2. The van der Waals surface area contributed by atoms with E-state index in [2.05, 4.69) is 564 Å². The van der Waals surface area contributed by atoms with Crippen molar-refractivity contribution in [1.82, 2.24) is 0 Å². The fourth-order valence-corrected chi connectivity index (χ4v) is 22.3. The van der Waals surface area contributed by atoms with Gasteiger partial charge in [-0.25, -0.2) is 0 Å². The topological polar surface area (TPSA) is 6.48 Å². The standard InChI is InChI=1S/C73H81N.C71H79N/c1-69(2,3)57-39-52(37-53(40-57)54-38-55(42-58(41-54)70(4,5)6)56-43-59(71(7,8)9)46-60(44-56)72(10,11)12)51-25-22-26-61(45-51)74(62-35-36-65-64-28-18-20-29-66(64)73(13,14)67(65)47-62)68-30-21-19-27-63(68)50-33-31-49(32-34-50)48-23-16-15-17-24-48;1-66(2,3)54-29-25-46(26-30-54)47-27-31-59(32-28-47)72(61-33-34-63-62-23-18-19-24-64(62)71(16,17)65(63)45-61)60-22-20-21-48(43-60)49-35-50(38-55(37-49)67(4,5)6)51-36-52(40-56(39-51)68(7,8)9)53-41-57(69(10,11)12)44-58(42-53)70(13,14)15/h18-22,25-48H,15-17,23-24H2,1-14H3;18-45H,1-17H3. The monoisotopic (exact) mass is 1920 g/mol. The van der Waals surface area contributed by atoms with Crippen LogP contribution in [0.15, 0.2) is 340 Å². The Morgan fingerprint density at radius 3 is 0.795 bits per heavy atom. The van der Waals surface area contributed by atoms with E-state index in [0.29, 0.717) is 5.92 Å². The minimum absolute atomic E-state index is 0.0192. The Hall–Kier alpha value is -12.9. The second kappa shape index (κ2) is 38.4. The van der Waals surface area contributed by atoms with Crippen molar-refractivity contribution in [2.75, 3.05) is 9.80 Å². The zero-order valence-electron chi connectivity index (χ0n) is 93.8. The summed E-state index contributed by atoms with van der Waals surface area (Å²) in [5, 5.41) is 0. The van der Waals surface area contributed by atoms with Crippen molar-refractivity contribution in [3.63, 3.8) is 0 Å². The molecule has 3 aliphatic carbocycles. The van der Waals surface area contributed by atoms with Gasteiger partial charge in [0.25, 0.3) is 0 Å². The SMILES string of the molecule is CC(C)(C)c1cc(-c2cccc(N(c3ccc4c(c3)C(C)(C)c3ccccc3-4)c3ccccc3-c3ccc(C4CCCCC4)cc3)c2)cc(-c2cc(-c3cc(C(C)(C)C)cc(C(C)(C)C)c3)cc(C(C)(C)C)c2)c1.CC(C)(C)c1ccc(-c2ccc(N(c3cccc(-c4cc(-c5cc(-c6cc(C(C)(C)C)cc(C(C)(C)C)c6)cc(C(C)(C)C)c5)cc(C(C)(C)C)c4)c3)c3ccc4c(c3)C(C)(C)c3ccccc3-4)cc2)cc1. The van der Waals surface area contributed by atoms with Gasteiger partial charge in [0.15, 0.2) is 0 Å². The van der Waals surface area contributed by atoms with Gasteiger partial charge < -0.3 is 9.80 Å². The third-order valence-electron chi connectivity index (χ3n) is 32.0. The summed E-state index contributed by atoms with van der Waals surface area (Å²) in [6.07, 6.45) is 6.64. The fourth-order valence-electron chi connectivity index (χ4n) is 22.3. The highest BCUT2D eigenvalue weighted by molar-refractivity contribution is 5.94. The molecule has 0 bridgehead atoms. The lowest BCUT2D eigenvalue weighted by Crippen LogP contribution is -2.17. The number of fused-ring (bicyclic) bond motifs is 6. The average Bonchev–Trinajstić information content (AvgIpc) is 1.58. The van der Waals surface area contributed by atoms with Crippen molar-refractivity contribution < 1.29 is 0 Å². The van der Waals surface area contributed by atoms with E-state index in [4.69, 9.17) is 0 Å². The van der Waals surface area contributed by atoms with Crippen LogP contribution in [0.25, 0.3) is 111 Å². The molecule has 0 unspecified atom stereocenters. The van der Waals surface area contributed by atoms with Gasteiger partial charge in [-0.15, -0.1) is 0 Å². The summed E-state index contributed by atoms with van der Waals surface area (Å²) in [5.74, 6) is 0.667. The van der Waals surface area contributed by atoms with E-state index in [1.807, 2.05) is 0 Å². The number of nitrogens with zero attached hydrogens (tertiary/aromatic N) is 2. The van der Waals surface area contributed by atoms with Gasteiger partial charge in [-0.1, -0.05) is 483 Å². The smallest absolute Gasteiger partial charge is 0.0540 e. The molecule has 146 heavy (non-hydrogen) atoms. The van der Waals surface area contributed by atoms with Crippen molar-refractivity contribution in [3.8, 4) is 111 Å². The summed E-state index contributed by atoms with van der Waals surface area (Å²) in [7, 11) is 0. The van der Waals surface area contributed by atoms with Crippen LogP contribution in [0.3, 0.4) is 0 Å². The molecular weight excluding hydrogens is 1760 g/mol. The van der Waals surface area contributed by atoms with E-state index < -0.39 is 0 Å². The lowest BCUT2D eigenvalue weighted by atomic mass is 9.77. The number of rotatable bonds is 15. The van der Waals surface area contributed by atoms with Crippen molar-refractivity contribution in [2.24, 2.45) is 0 Å². The van der Waals surface area contributed by atoms with E-state index in [9.17, 15) is 0 Å². The molecule has 2 heteroatoms. The molecule has 1 saturated carbocycles. The number of anilines is 6. The molecule has 1 fully saturated rings. The predicted molar refractivity (Wildman–Crippen MR) is 635 cm³/mol. The van der Waals surface area contributed by atoms with Gasteiger partial charge in [0.2, 0.25) is 0 Å². The third kappa shape index (κ3) is 21.4. The molecule has 0 heterocycles. The molecule has 2 nitrogen and oxygen atoms in total. The molecule has 0 aliphatic heterocycles. The molecular formula is C144H160N2. The first-order chi connectivity index (χ1) is 68.5. The van der Waals surface area contributed by atoms with Crippen molar-refractivity contribution in [1.29, 1.82) is 0 Å². The normalized spacial score (nSPS) is 14.3. The van der Waals surface area contributed by atoms with Crippen LogP contribution >= 0.6 is 0 Å². The van der Waals surface area contributed by atoms with Crippen LogP contribution in [0.5, 0.6) is 0 Å². The van der Waals surface area contributed by atoms with Crippen molar-refractivity contribution in [2.45, 2.75) is 312 Å². The van der Waals surface area contributed by atoms with Crippen LogP contribution in [0.2, 0.25) is 0 Å². The summed E-state index contributed by atoms with van der Waals surface area (Å²) >= 11 is 0. The van der Waals surface area contributed by atoms with Gasteiger partial charge in [-0.2, -0.15) is 0 Å². The summed E-state index contributed by atoms with van der Waals surface area (Å²) in [6, 6.07) is 132. The minimum Gasteiger partial charge on any atom is -0.310 e. The molecule has 746 valence electrons. The molecule has 3 aliphatic rings. The number of hydrogen-bond acceptors (Lipinski definition) is 2. The Balaban J connectivity index is 0.000000192. The Kier molecular flexibility index (Phi) is 27.1. The number of para-hydroxylation sites is 1. The maximum Gasteiger partial charge on any atom is 0.0540 e. The largest absolute Gasteiger partial charge is 0.310 e. The summed E-state index contributed by atoms with van der Waals surface area (Å²) in [5.41, 5.74) is 50.8. The van der Waals surface area contributed by atoms with E-state index in [1.54, 1.807) is 0 Å². The highest BCUT2D eigenvalue weighted by Gasteiger charge is 2.39. The van der Waals surface area contributed by atoms with Gasteiger partial charge in [0.05, 0.1) is 5.69 Å². The van der Waals surface area contributed by atoms with Gasteiger partial charge in [-0.05, 0) is 342 Å². The molecule has 19 rings (SSSR count). The summed E-state index contributed by atoms with van der Waals surface area (Å²) in [4.78, 5) is 4.98. The molecule has 0 spiro atoms. The van der Waals surface area contributed by atoms with E-state index in [0.717, 1.165) is 28.4 Å². The Bertz CT molecular complexity index is 7500. The van der Waals surface area contributed by atoms with Gasteiger partial charge in [-0.3, -0.25) is 0 Å². The van der Waals surface area contributed by atoms with E-state index in [-0.39, 0.29) is 59.6 Å². The van der Waals surface area contributed by atoms with Crippen LogP contribution in [-0.4, -0.2) is 0 Å². The highest BCUT2D eigenvalue weighted by Crippen LogP contribution is 2.56. The first kappa shape index (κ1) is 103. The molecule has 0 radical (unpaired) electrons. The Morgan fingerprint density at radius 2 is 0.445 bits per heavy atom. The van der Waals surface area contributed by atoms with E-state index in [1.165, 1.54) is 227 Å². The lowest BCUT2D eigenvalue weighted by molar-refractivity contribution is 0.443. The van der Waals surface area contributed by atoms with Crippen LogP contribution < -0.4 is 9.80 Å². The van der Waals surface area contributed by atoms with Crippen LogP contribution in [0.4, 0.5) is 34.1 Å². The number of benzene rings is 16. The van der Waals surface area contributed by atoms with Crippen molar-refractivity contribution >= 4 is 34.1 Å². The molecule has 0 aromatic heterocycles. The minimum atomic E-state index is -0.137. The van der Waals surface area contributed by atoms with Crippen molar-refractivity contribution in [3.05, 3.63) is 418 Å². The molecule has 16 aromatic carbocycles.